The fourth-order valence-electron chi connectivity index (χ4n) is 2.83. The minimum atomic E-state index is 0.0285. The van der Waals surface area contributed by atoms with Gasteiger partial charge >= 0.3 is 0 Å². The van der Waals surface area contributed by atoms with Crippen LogP contribution in [0.15, 0.2) is 5.38 Å². The number of unbranched alkanes of at least 4 members (excludes halogenated alkanes) is 1. The molecule has 1 aliphatic heterocycles. The van der Waals surface area contributed by atoms with E-state index >= 15 is 0 Å². The number of rotatable bonds is 6. The smallest absolute Gasteiger partial charge is 0.273 e. The van der Waals surface area contributed by atoms with Crippen molar-refractivity contribution < 1.29 is 4.79 Å². The molecule has 0 saturated carbocycles. The first-order valence-corrected chi connectivity index (χ1v) is 8.67. The Balaban J connectivity index is 1.76. The van der Waals surface area contributed by atoms with E-state index in [1.807, 2.05) is 4.90 Å². The van der Waals surface area contributed by atoms with Crippen LogP contribution in [0.5, 0.6) is 0 Å². The maximum Gasteiger partial charge on any atom is 0.273 e. The fraction of sp³-hybridized carbons (Fsp3) is 0.733. The summed E-state index contributed by atoms with van der Waals surface area (Å²) in [7, 11) is 2.20. The van der Waals surface area contributed by atoms with Gasteiger partial charge in [-0.15, -0.1) is 11.3 Å². The van der Waals surface area contributed by atoms with Gasteiger partial charge < -0.3 is 15.5 Å². The Labute approximate surface area is 131 Å². The lowest BCUT2D eigenvalue weighted by molar-refractivity contribution is 0.0668. The largest absolute Gasteiger partial charge is 0.375 e. The number of aromatic nitrogens is 1. The molecule has 21 heavy (non-hydrogen) atoms. The van der Waals surface area contributed by atoms with E-state index < -0.39 is 0 Å². The maximum absolute atomic E-state index is 12.3. The molecule has 118 valence electrons. The molecule has 1 aromatic heterocycles. The lowest BCUT2D eigenvalue weighted by Crippen LogP contribution is -2.41. The number of carbonyl (C=O) groups excluding carboxylic acids is 1. The summed E-state index contributed by atoms with van der Waals surface area (Å²) in [4.78, 5) is 20.7. The van der Waals surface area contributed by atoms with Gasteiger partial charge in [-0.3, -0.25) is 4.79 Å². The quantitative estimate of drug-likeness (QED) is 0.876. The monoisotopic (exact) mass is 310 g/mol. The molecular weight excluding hydrogens is 284 g/mol. The van der Waals surface area contributed by atoms with Crippen molar-refractivity contribution >= 4 is 22.4 Å². The number of likely N-dealkylation sites (tertiary alicyclic amines) is 1. The van der Waals surface area contributed by atoms with E-state index in [0.717, 1.165) is 32.5 Å². The third kappa shape index (κ3) is 4.68. The Morgan fingerprint density at radius 3 is 2.81 bits per heavy atom. The number of thiazole rings is 1. The molecule has 0 bridgehead atoms. The number of piperidine rings is 1. The van der Waals surface area contributed by atoms with Gasteiger partial charge in [-0.2, -0.15) is 0 Å². The second kappa shape index (κ2) is 7.75. The third-order valence-corrected chi connectivity index (χ3v) is 4.78. The van der Waals surface area contributed by atoms with E-state index in [1.54, 1.807) is 5.38 Å². The number of nitrogen functional groups attached to an aromatic ring is 1. The van der Waals surface area contributed by atoms with E-state index in [0.29, 0.717) is 16.7 Å². The molecule has 1 amide bonds. The standard InChI is InChI=1S/C15H26N4OS/c1-3-4-7-18(2)10-12-5-8-19(9-6-12)14(20)13-11-21-15(16)17-13/h11-12H,3-10H2,1-2H3,(H2,16,17). The first kappa shape index (κ1) is 16.2. The second-order valence-electron chi connectivity index (χ2n) is 5.92. The van der Waals surface area contributed by atoms with Gasteiger partial charge in [-0.05, 0) is 38.8 Å². The number of anilines is 1. The topological polar surface area (TPSA) is 62.5 Å². The Morgan fingerprint density at radius 2 is 2.24 bits per heavy atom. The van der Waals surface area contributed by atoms with Crippen LogP contribution in [0, 0.1) is 5.92 Å². The van der Waals surface area contributed by atoms with Gasteiger partial charge in [0, 0.05) is 25.0 Å². The van der Waals surface area contributed by atoms with Crippen molar-refractivity contribution in [3.8, 4) is 0 Å². The van der Waals surface area contributed by atoms with Crippen LogP contribution in [0.25, 0.3) is 0 Å². The molecule has 1 aromatic rings. The predicted octanol–water partition coefficient (Wildman–Crippen LogP) is 2.31. The zero-order valence-corrected chi connectivity index (χ0v) is 13.9. The van der Waals surface area contributed by atoms with Gasteiger partial charge in [-0.1, -0.05) is 13.3 Å². The predicted molar refractivity (Wildman–Crippen MR) is 87.6 cm³/mol. The summed E-state index contributed by atoms with van der Waals surface area (Å²) < 4.78 is 0. The van der Waals surface area contributed by atoms with Crippen molar-refractivity contribution in [3.05, 3.63) is 11.1 Å². The molecule has 1 saturated heterocycles. The number of hydrogen-bond acceptors (Lipinski definition) is 5. The van der Waals surface area contributed by atoms with Crippen LogP contribution in [0.1, 0.15) is 43.1 Å². The van der Waals surface area contributed by atoms with Crippen molar-refractivity contribution in [2.75, 3.05) is 39.0 Å². The molecular formula is C15H26N4OS. The van der Waals surface area contributed by atoms with E-state index in [-0.39, 0.29) is 5.91 Å². The third-order valence-electron chi connectivity index (χ3n) is 4.11. The SMILES string of the molecule is CCCCN(C)CC1CCN(C(=O)c2csc(N)n2)CC1. The van der Waals surface area contributed by atoms with Gasteiger partial charge in [0.15, 0.2) is 5.13 Å². The molecule has 2 heterocycles. The molecule has 6 heteroatoms. The average Bonchev–Trinajstić information content (AvgIpc) is 2.92. The lowest BCUT2D eigenvalue weighted by atomic mass is 9.96. The molecule has 2 rings (SSSR count). The van der Waals surface area contributed by atoms with Gasteiger partial charge in [0.2, 0.25) is 0 Å². The summed E-state index contributed by atoms with van der Waals surface area (Å²) in [6.07, 6.45) is 4.68. The minimum absolute atomic E-state index is 0.0285. The zero-order chi connectivity index (χ0) is 15.2. The van der Waals surface area contributed by atoms with Gasteiger partial charge in [-0.25, -0.2) is 4.98 Å². The van der Waals surface area contributed by atoms with Gasteiger partial charge in [0.1, 0.15) is 5.69 Å². The molecule has 0 spiro atoms. The molecule has 1 fully saturated rings. The first-order chi connectivity index (χ1) is 10.1. The van der Waals surface area contributed by atoms with Crippen LogP contribution < -0.4 is 5.73 Å². The molecule has 1 aliphatic rings. The highest BCUT2D eigenvalue weighted by Crippen LogP contribution is 2.21. The molecule has 2 N–H and O–H groups in total. The van der Waals surface area contributed by atoms with Crippen LogP contribution >= 0.6 is 11.3 Å². The molecule has 0 atom stereocenters. The van der Waals surface area contributed by atoms with Crippen LogP contribution in [-0.4, -0.2) is 53.9 Å². The Kier molecular flexibility index (Phi) is 5.99. The van der Waals surface area contributed by atoms with Crippen molar-refractivity contribution in [2.45, 2.75) is 32.6 Å². The Hall–Kier alpha value is -1.14. The van der Waals surface area contributed by atoms with E-state index in [2.05, 4.69) is 23.9 Å². The number of amides is 1. The van der Waals surface area contributed by atoms with Gasteiger partial charge in [0.25, 0.3) is 5.91 Å². The van der Waals surface area contributed by atoms with E-state index in [4.69, 9.17) is 5.73 Å². The summed E-state index contributed by atoms with van der Waals surface area (Å²) in [5.41, 5.74) is 6.09. The van der Waals surface area contributed by atoms with Crippen LogP contribution in [0.2, 0.25) is 0 Å². The Morgan fingerprint density at radius 1 is 1.52 bits per heavy atom. The fourth-order valence-corrected chi connectivity index (χ4v) is 3.36. The highest BCUT2D eigenvalue weighted by Gasteiger charge is 2.25. The zero-order valence-electron chi connectivity index (χ0n) is 13.0. The summed E-state index contributed by atoms with van der Waals surface area (Å²) in [6.45, 7) is 6.22. The first-order valence-electron chi connectivity index (χ1n) is 7.79. The van der Waals surface area contributed by atoms with E-state index in [1.165, 1.54) is 30.7 Å². The van der Waals surface area contributed by atoms with Gasteiger partial charge in [0.05, 0.1) is 0 Å². The number of nitrogens with two attached hydrogens (primary N) is 1. The normalized spacial score (nSPS) is 16.6. The highest BCUT2D eigenvalue weighted by atomic mass is 32.1. The molecule has 0 radical (unpaired) electrons. The molecule has 0 aromatic carbocycles. The Bertz CT molecular complexity index is 454. The highest BCUT2D eigenvalue weighted by molar-refractivity contribution is 7.13. The summed E-state index contributed by atoms with van der Waals surface area (Å²) in [5.74, 6) is 0.733. The number of hydrogen-bond donors (Lipinski definition) is 1. The lowest BCUT2D eigenvalue weighted by Gasteiger charge is -2.33. The second-order valence-corrected chi connectivity index (χ2v) is 6.81. The van der Waals surface area contributed by atoms with E-state index in [9.17, 15) is 4.79 Å². The number of nitrogens with zero attached hydrogens (tertiary/aromatic N) is 3. The molecule has 5 nitrogen and oxygen atoms in total. The van der Waals surface area contributed by atoms with Crippen LogP contribution in [0.4, 0.5) is 5.13 Å². The van der Waals surface area contributed by atoms with Crippen molar-refractivity contribution in [3.63, 3.8) is 0 Å². The summed E-state index contributed by atoms with van der Waals surface area (Å²) in [5, 5.41) is 2.22. The van der Waals surface area contributed by atoms with Crippen molar-refractivity contribution in [2.24, 2.45) is 5.92 Å². The molecule has 0 aliphatic carbocycles. The summed E-state index contributed by atoms with van der Waals surface area (Å²) in [6, 6.07) is 0. The van der Waals surface area contributed by atoms with Crippen LogP contribution in [0.3, 0.4) is 0 Å². The average molecular weight is 310 g/mol. The number of carbonyl (C=O) groups is 1. The van der Waals surface area contributed by atoms with Crippen molar-refractivity contribution in [1.82, 2.24) is 14.8 Å². The van der Waals surface area contributed by atoms with Crippen LogP contribution in [-0.2, 0) is 0 Å². The van der Waals surface area contributed by atoms with Crippen molar-refractivity contribution in [1.29, 1.82) is 0 Å². The maximum atomic E-state index is 12.3. The molecule has 0 unspecified atom stereocenters. The minimum Gasteiger partial charge on any atom is -0.375 e. The summed E-state index contributed by atoms with van der Waals surface area (Å²) >= 11 is 1.33.